The van der Waals surface area contributed by atoms with Crippen LogP contribution in [0.15, 0.2) is 46.3 Å². The third-order valence-corrected chi connectivity index (χ3v) is 4.74. The molecule has 1 aliphatic heterocycles. The van der Waals surface area contributed by atoms with Gasteiger partial charge in [-0.05, 0) is 23.6 Å². The van der Waals surface area contributed by atoms with E-state index in [2.05, 4.69) is 15.5 Å². The number of aromatic nitrogens is 2. The molecule has 0 atom stereocenters. The van der Waals surface area contributed by atoms with Gasteiger partial charge in [-0.15, -0.1) is 11.3 Å². The number of para-hydroxylation sites is 1. The molecule has 7 nitrogen and oxygen atoms in total. The summed E-state index contributed by atoms with van der Waals surface area (Å²) < 4.78 is 5.41. The van der Waals surface area contributed by atoms with Crippen LogP contribution in [0.2, 0.25) is 0 Å². The summed E-state index contributed by atoms with van der Waals surface area (Å²) in [4.78, 5) is 30.6. The Bertz CT molecular complexity index is 920. The number of imide groups is 1. The number of nitrogens with one attached hydrogen (secondary N) is 1. The monoisotopic (exact) mass is 354 g/mol. The van der Waals surface area contributed by atoms with Gasteiger partial charge in [-0.3, -0.25) is 15.0 Å². The minimum atomic E-state index is -0.443. The van der Waals surface area contributed by atoms with Gasteiger partial charge < -0.3 is 4.52 Å². The molecule has 2 aromatic heterocycles. The topological polar surface area (TPSA) is 88.3 Å². The summed E-state index contributed by atoms with van der Waals surface area (Å²) >= 11 is 1.63. The zero-order valence-corrected chi connectivity index (χ0v) is 14.0. The predicted molar refractivity (Wildman–Crippen MR) is 92.4 cm³/mol. The van der Waals surface area contributed by atoms with Gasteiger partial charge in [0.2, 0.25) is 5.91 Å². The highest BCUT2D eigenvalue weighted by atomic mass is 32.1. The lowest BCUT2D eigenvalue weighted by molar-refractivity contribution is -0.120. The molecule has 1 saturated heterocycles. The van der Waals surface area contributed by atoms with Crippen LogP contribution in [0.4, 0.5) is 10.5 Å². The van der Waals surface area contributed by atoms with Crippen LogP contribution in [0.5, 0.6) is 0 Å². The Morgan fingerprint density at radius 1 is 1.20 bits per heavy atom. The fourth-order valence-electron chi connectivity index (χ4n) is 2.69. The van der Waals surface area contributed by atoms with E-state index in [0.29, 0.717) is 35.9 Å². The fourth-order valence-corrected chi connectivity index (χ4v) is 3.39. The standard InChI is InChI=1S/C17H14N4O3S/c22-15-7-8-21(17(23)19-15)13-6-2-1-5-12(13)16-18-14(20-24-16)10-11-4-3-9-25-11/h1-6,9H,7-8,10H2,(H,19,22,23). The van der Waals surface area contributed by atoms with Gasteiger partial charge >= 0.3 is 6.03 Å². The van der Waals surface area contributed by atoms with Crippen LogP contribution in [0.1, 0.15) is 17.1 Å². The lowest BCUT2D eigenvalue weighted by Gasteiger charge is -2.27. The Morgan fingerprint density at radius 3 is 2.88 bits per heavy atom. The number of carbonyl (C=O) groups is 2. The molecule has 3 aromatic rings. The Labute approximate surface area is 147 Å². The number of benzene rings is 1. The van der Waals surface area contributed by atoms with E-state index in [0.717, 1.165) is 4.88 Å². The largest absolute Gasteiger partial charge is 0.334 e. The third-order valence-electron chi connectivity index (χ3n) is 3.86. The number of amides is 3. The smallest absolute Gasteiger partial charge is 0.328 e. The zero-order valence-electron chi connectivity index (χ0n) is 13.1. The Morgan fingerprint density at radius 2 is 2.08 bits per heavy atom. The molecule has 8 heteroatoms. The first-order valence-electron chi connectivity index (χ1n) is 7.76. The first-order chi connectivity index (χ1) is 12.2. The zero-order chi connectivity index (χ0) is 17.2. The molecular formula is C17H14N4O3S. The Balaban J connectivity index is 1.64. The Hall–Kier alpha value is -3.00. The molecule has 0 spiro atoms. The van der Waals surface area contributed by atoms with E-state index in [1.54, 1.807) is 17.4 Å². The summed E-state index contributed by atoms with van der Waals surface area (Å²) in [6, 6.07) is 10.8. The molecule has 4 rings (SSSR count). The molecule has 0 aliphatic carbocycles. The van der Waals surface area contributed by atoms with E-state index in [1.807, 2.05) is 35.7 Å². The van der Waals surface area contributed by atoms with Crippen molar-refractivity contribution in [2.45, 2.75) is 12.8 Å². The minimum absolute atomic E-state index is 0.257. The van der Waals surface area contributed by atoms with Gasteiger partial charge in [0.1, 0.15) is 0 Å². The van der Waals surface area contributed by atoms with Crippen molar-refractivity contribution in [3.8, 4) is 11.5 Å². The highest BCUT2D eigenvalue weighted by Crippen LogP contribution is 2.31. The second kappa shape index (κ2) is 6.48. The van der Waals surface area contributed by atoms with E-state index < -0.39 is 6.03 Å². The Kier molecular flexibility index (Phi) is 4.02. The van der Waals surface area contributed by atoms with Crippen molar-refractivity contribution in [3.05, 3.63) is 52.5 Å². The van der Waals surface area contributed by atoms with Crippen molar-refractivity contribution in [3.63, 3.8) is 0 Å². The SMILES string of the molecule is O=C1CCN(c2ccccc2-c2nc(Cc3cccs3)no2)C(=O)N1. The number of rotatable bonds is 4. The number of hydrogen-bond donors (Lipinski definition) is 1. The van der Waals surface area contributed by atoms with Crippen LogP contribution in [0, 0.1) is 0 Å². The second-order valence-corrected chi connectivity index (χ2v) is 6.58. The summed E-state index contributed by atoms with van der Waals surface area (Å²) in [5.41, 5.74) is 1.30. The molecule has 1 aromatic carbocycles. The summed E-state index contributed by atoms with van der Waals surface area (Å²) in [5.74, 6) is 0.673. The number of hydrogen-bond acceptors (Lipinski definition) is 6. The normalized spacial score (nSPS) is 14.6. The van der Waals surface area contributed by atoms with Crippen molar-refractivity contribution >= 4 is 29.0 Å². The van der Waals surface area contributed by atoms with Crippen molar-refractivity contribution < 1.29 is 14.1 Å². The highest BCUT2D eigenvalue weighted by Gasteiger charge is 2.27. The summed E-state index contributed by atoms with van der Waals surface area (Å²) in [6.07, 6.45) is 0.857. The van der Waals surface area contributed by atoms with E-state index >= 15 is 0 Å². The number of carbonyl (C=O) groups excluding carboxylic acids is 2. The molecule has 1 fully saturated rings. The second-order valence-electron chi connectivity index (χ2n) is 5.54. The lowest BCUT2D eigenvalue weighted by atomic mass is 10.1. The van der Waals surface area contributed by atoms with E-state index in [1.165, 1.54) is 4.90 Å². The van der Waals surface area contributed by atoms with Gasteiger partial charge in [0.25, 0.3) is 5.89 Å². The maximum Gasteiger partial charge on any atom is 0.328 e. The molecule has 25 heavy (non-hydrogen) atoms. The van der Waals surface area contributed by atoms with Crippen LogP contribution in [0.25, 0.3) is 11.5 Å². The lowest BCUT2D eigenvalue weighted by Crippen LogP contribution is -2.49. The molecule has 0 unspecified atom stereocenters. The summed E-state index contributed by atoms with van der Waals surface area (Å²) in [7, 11) is 0. The molecule has 0 saturated carbocycles. The predicted octanol–water partition coefficient (Wildman–Crippen LogP) is 2.84. The fraction of sp³-hybridized carbons (Fsp3) is 0.176. The van der Waals surface area contributed by atoms with Gasteiger partial charge in [0, 0.05) is 24.3 Å². The van der Waals surface area contributed by atoms with Crippen LogP contribution < -0.4 is 10.2 Å². The molecule has 0 bridgehead atoms. The van der Waals surface area contributed by atoms with Gasteiger partial charge in [0.05, 0.1) is 11.3 Å². The molecule has 1 N–H and O–H groups in total. The molecule has 1 aliphatic rings. The molecule has 126 valence electrons. The molecular weight excluding hydrogens is 340 g/mol. The third kappa shape index (κ3) is 3.16. The molecule has 0 radical (unpaired) electrons. The first kappa shape index (κ1) is 15.5. The van der Waals surface area contributed by atoms with E-state index in [-0.39, 0.29) is 12.3 Å². The van der Waals surface area contributed by atoms with Gasteiger partial charge in [0.15, 0.2) is 5.82 Å². The molecule has 3 amide bonds. The van der Waals surface area contributed by atoms with Gasteiger partial charge in [-0.25, -0.2) is 4.79 Å². The number of thiophene rings is 1. The first-order valence-corrected chi connectivity index (χ1v) is 8.64. The summed E-state index contributed by atoms with van der Waals surface area (Å²) in [6.45, 7) is 0.317. The maximum absolute atomic E-state index is 12.1. The minimum Gasteiger partial charge on any atom is -0.334 e. The van der Waals surface area contributed by atoms with Crippen molar-refractivity contribution in [1.82, 2.24) is 15.5 Å². The van der Waals surface area contributed by atoms with E-state index in [4.69, 9.17) is 4.52 Å². The average Bonchev–Trinajstić information content (AvgIpc) is 3.27. The van der Waals surface area contributed by atoms with Crippen LogP contribution in [-0.2, 0) is 11.2 Å². The van der Waals surface area contributed by atoms with Crippen LogP contribution in [-0.4, -0.2) is 28.6 Å². The van der Waals surface area contributed by atoms with Crippen molar-refractivity contribution in [2.24, 2.45) is 0 Å². The average molecular weight is 354 g/mol. The van der Waals surface area contributed by atoms with Gasteiger partial charge in [-0.2, -0.15) is 4.98 Å². The molecule has 3 heterocycles. The van der Waals surface area contributed by atoms with Gasteiger partial charge in [-0.1, -0.05) is 23.4 Å². The number of anilines is 1. The number of nitrogens with zero attached hydrogens (tertiary/aromatic N) is 3. The quantitative estimate of drug-likeness (QED) is 0.778. The van der Waals surface area contributed by atoms with E-state index in [9.17, 15) is 9.59 Å². The van der Waals surface area contributed by atoms with Crippen molar-refractivity contribution in [1.29, 1.82) is 0 Å². The van der Waals surface area contributed by atoms with Crippen LogP contribution in [0.3, 0.4) is 0 Å². The number of urea groups is 1. The van der Waals surface area contributed by atoms with Crippen LogP contribution >= 0.6 is 11.3 Å². The van der Waals surface area contributed by atoms with Crippen molar-refractivity contribution in [2.75, 3.05) is 11.4 Å². The highest BCUT2D eigenvalue weighted by molar-refractivity contribution is 7.09. The summed E-state index contributed by atoms with van der Waals surface area (Å²) in [5, 5.41) is 8.36. The maximum atomic E-state index is 12.1.